The van der Waals surface area contributed by atoms with Crippen molar-refractivity contribution in [1.29, 1.82) is 15.8 Å². The Balaban J connectivity index is 2.36. The highest BCUT2D eigenvalue weighted by Gasteiger charge is 2.39. The zero-order valence-electron chi connectivity index (χ0n) is 22.6. The lowest BCUT2D eigenvalue weighted by atomic mass is 10.0. The van der Waals surface area contributed by atoms with Crippen molar-refractivity contribution in [3.8, 4) is 40.7 Å². The fourth-order valence-electron chi connectivity index (χ4n) is 3.96. The highest BCUT2D eigenvalue weighted by atomic mass is 19.4. The smallest absolute Gasteiger partial charge is 0.416 e. The molecule has 0 bridgehead atoms. The van der Waals surface area contributed by atoms with E-state index in [0.29, 0.717) is 0 Å². The Morgan fingerprint density at radius 3 is 1.15 bits per heavy atom. The van der Waals surface area contributed by atoms with Gasteiger partial charge in [-0.15, -0.1) is 0 Å². The van der Waals surface area contributed by atoms with Crippen LogP contribution < -0.4 is 11.1 Å². The maximum Gasteiger partial charge on any atom is 0.416 e. The first-order valence-corrected chi connectivity index (χ1v) is 12.1. The Hall–Kier alpha value is -5.77. The molecule has 0 saturated carbocycles. The molecule has 0 unspecified atom stereocenters. The minimum atomic E-state index is -5.39. The number of alkyl halides is 12. The van der Waals surface area contributed by atoms with Gasteiger partial charge in [0, 0.05) is 11.1 Å². The summed E-state index contributed by atoms with van der Waals surface area (Å²) in [4.78, 5) is 7.44. The lowest BCUT2D eigenvalue weighted by Gasteiger charge is -2.13. The van der Waals surface area contributed by atoms with Gasteiger partial charge in [-0.05, 0) is 43.3 Å². The van der Waals surface area contributed by atoms with Crippen LogP contribution in [0.1, 0.15) is 29.2 Å². The van der Waals surface area contributed by atoms with Gasteiger partial charge in [0.15, 0.2) is 5.57 Å². The zero-order chi connectivity index (χ0) is 35.3. The SMILES string of the molecule is C/C(C#N)=c1\nc(-c2cc(C(F)(F)F)cc(C(F)(F)F)c2)/c(=c2\oc(=C(C#N)C#N)nc2-c2cc(C(F)(F)F)cc(C(F)(F)F)c2)o1. The molecule has 0 radical (unpaired) electrons. The third-order valence-electron chi connectivity index (χ3n) is 6.11. The van der Waals surface area contributed by atoms with Crippen molar-refractivity contribution >= 4 is 11.1 Å². The maximum absolute atomic E-state index is 13.7. The molecule has 2 aromatic heterocycles. The molecular formula is C28H9F12N5O2. The molecule has 0 aliphatic heterocycles. The largest absolute Gasteiger partial charge is 0.432 e. The van der Waals surface area contributed by atoms with E-state index in [0.717, 1.165) is 6.92 Å². The summed E-state index contributed by atoms with van der Waals surface area (Å²) < 4.78 is 175. The van der Waals surface area contributed by atoms with Crippen LogP contribution in [0.15, 0.2) is 45.2 Å². The average Bonchev–Trinajstić information content (AvgIpc) is 3.60. The molecule has 47 heavy (non-hydrogen) atoms. The summed E-state index contributed by atoms with van der Waals surface area (Å²) in [6.07, 6.45) is -21.5. The summed E-state index contributed by atoms with van der Waals surface area (Å²) in [5.74, 6) is 0. The topological polar surface area (TPSA) is 123 Å². The third kappa shape index (κ3) is 6.91. The van der Waals surface area contributed by atoms with Crippen LogP contribution in [0.3, 0.4) is 0 Å². The highest BCUT2D eigenvalue weighted by Crippen LogP contribution is 2.40. The van der Waals surface area contributed by atoms with Gasteiger partial charge in [0.1, 0.15) is 29.6 Å². The van der Waals surface area contributed by atoms with E-state index < -0.39 is 103 Å². The number of nitriles is 3. The number of hydrogen-bond donors (Lipinski definition) is 0. The van der Waals surface area contributed by atoms with Gasteiger partial charge < -0.3 is 8.83 Å². The monoisotopic (exact) mass is 675 g/mol. The Labute approximate surface area is 251 Å². The van der Waals surface area contributed by atoms with Gasteiger partial charge in [0.2, 0.25) is 21.9 Å². The summed E-state index contributed by atoms with van der Waals surface area (Å²) in [6, 6.07) is 4.31. The van der Waals surface area contributed by atoms with E-state index in [4.69, 9.17) is 8.83 Å². The molecule has 0 saturated heterocycles. The molecule has 0 atom stereocenters. The lowest BCUT2D eigenvalue weighted by Crippen LogP contribution is -2.11. The summed E-state index contributed by atoms with van der Waals surface area (Å²) in [7, 11) is 0. The molecule has 2 heterocycles. The van der Waals surface area contributed by atoms with Gasteiger partial charge in [-0.2, -0.15) is 68.5 Å². The van der Waals surface area contributed by atoms with Crippen LogP contribution in [-0.2, 0) is 24.7 Å². The molecule has 0 fully saturated rings. The van der Waals surface area contributed by atoms with Gasteiger partial charge in [-0.25, -0.2) is 9.97 Å². The van der Waals surface area contributed by atoms with Crippen LogP contribution in [0, 0.1) is 44.8 Å². The van der Waals surface area contributed by atoms with Crippen LogP contribution in [0.25, 0.3) is 33.7 Å². The third-order valence-corrected chi connectivity index (χ3v) is 6.11. The second-order valence-corrected chi connectivity index (χ2v) is 9.32. The Bertz CT molecular complexity index is 2170. The molecule has 4 rings (SSSR count). The summed E-state index contributed by atoms with van der Waals surface area (Å²) >= 11 is 0. The first-order chi connectivity index (χ1) is 21.6. The number of nitrogens with zero attached hydrogens (tertiary/aromatic N) is 5. The van der Waals surface area contributed by atoms with Gasteiger partial charge >= 0.3 is 24.7 Å². The van der Waals surface area contributed by atoms with Crippen LogP contribution in [0.4, 0.5) is 52.7 Å². The first-order valence-electron chi connectivity index (χ1n) is 12.1. The van der Waals surface area contributed by atoms with Crippen LogP contribution >= 0.6 is 0 Å². The van der Waals surface area contributed by atoms with Crippen molar-refractivity contribution in [3.05, 3.63) is 80.6 Å². The second kappa shape index (κ2) is 11.5. The van der Waals surface area contributed by atoms with Gasteiger partial charge in [0.05, 0.1) is 27.8 Å². The number of rotatable bonds is 2. The molecule has 0 aliphatic rings. The Morgan fingerprint density at radius 2 is 0.851 bits per heavy atom. The number of aromatic nitrogens is 2. The van der Waals surface area contributed by atoms with E-state index in [1.54, 1.807) is 6.07 Å². The molecule has 0 aliphatic carbocycles. The molecule has 4 aromatic rings. The van der Waals surface area contributed by atoms with Crippen molar-refractivity contribution in [2.75, 3.05) is 0 Å². The molecular weight excluding hydrogens is 666 g/mol. The van der Waals surface area contributed by atoms with Crippen LogP contribution in [-0.4, -0.2) is 9.97 Å². The van der Waals surface area contributed by atoms with Crippen LogP contribution in [0.5, 0.6) is 0 Å². The first kappa shape index (κ1) is 34.1. The highest BCUT2D eigenvalue weighted by molar-refractivity contribution is 5.72. The van der Waals surface area contributed by atoms with E-state index in [2.05, 4.69) is 9.97 Å². The molecule has 0 spiro atoms. The van der Waals surface area contributed by atoms with E-state index >= 15 is 0 Å². The Morgan fingerprint density at radius 1 is 0.532 bits per heavy atom. The number of benzene rings is 2. The fraction of sp³-hybridized carbons (Fsp3) is 0.179. The van der Waals surface area contributed by atoms with Crippen LogP contribution in [0.2, 0.25) is 0 Å². The minimum Gasteiger partial charge on any atom is -0.432 e. The van der Waals surface area contributed by atoms with Gasteiger partial charge in [-0.1, -0.05) is 0 Å². The second-order valence-electron chi connectivity index (χ2n) is 9.32. The van der Waals surface area contributed by atoms with Crippen molar-refractivity contribution in [1.82, 2.24) is 9.97 Å². The molecule has 7 nitrogen and oxygen atoms in total. The average molecular weight is 675 g/mol. The normalized spacial score (nSPS) is 13.8. The van der Waals surface area contributed by atoms with E-state index in [1.807, 2.05) is 0 Å². The Kier molecular flexibility index (Phi) is 8.38. The van der Waals surface area contributed by atoms with E-state index in [-0.39, 0.29) is 36.4 Å². The van der Waals surface area contributed by atoms with E-state index in [9.17, 15) is 68.5 Å². The fourth-order valence-corrected chi connectivity index (χ4v) is 3.96. The summed E-state index contributed by atoms with van der Waals surface area (Å²) in [5.41, 5.74) is -16.8. The zero-order valence-corrected chi connectivity index (χ0v) is 22.6. The lowest BCUT2D eigenvalue weighted by molar-refractivity contribution is -0.144. The molecule has 2 aromatic carbocycles. The van der Waals surface area contributed by atoms with Gasteiger partial charge in [0.25, 0.3) is 0 Å². The van der Waals surface area contributed by atoms with Crippen molar-refractivity contribution in [2.45, 2.75) is 31.6 Å². The van der Waals surface area contributed by atoms with Gasteiger partial charge in [-0.3, -0.25) is 0 Å². The minimum absolute atomic E-state index is 0.147. The van der Waals surface area contributed by atoms with Crippen molar-refractivity contribution < 1.29 is 61.5 Å². The molecule has 0 N–H and O–H groups in total. The molecule has 19 heteroatoms. The number of hydrogen-bond acceptors (Lipinski definition) is 7. The predicted molar refractivity (Wildman–Crippen MR) is 130 cm³/mol. The van der Waals surface area contributed by atoms with Crippen molar-refractivity contribution in [2.24, 2.45) is 0 Å². The number of halogens is 12. The number of oxazole rings is 2. The predicted octanol–water partition coefficient (Wildman–Crippen LogP) is 7.25. The summed E-state index contributed by atoms with van der Waals surface area (Å²) in [5, 5.41) is 27.9. The standard InChI is InChI=1S/C28H9F12N5O2/c1-11(8-41)23-44-19(12-2-15(25(29,30)31)6-16(3-12)26(32,33)34)21(46-23)22-20(45-24(47-22)14(9-42)10-43)13-4-17(27(35,36)37)7-18(5-13)28(38,39)40/h2-7H,1H3/b22-21+,23-11-. The quantitative estimate of drug-likeness (QED) is 0.205. The maximum atomic E-state index is 13.7. The van der Waals surface area contributed by atoms with E-state index in [1.165, 1.54) is 12.1 Å². The van der Waals surface area contributed by atoms with Crippen molar-refractivity contribution in [3.63, 3.8) is 0 Å². The summed E-state index contributed by atoms with van der Waals surface area (Å²) in [6.45, 7) is 1.04. The molecule has 0 amide bonds. The molecule has 242 valence electrons.